The van der Waals surface area contributed by atoms with Crippen LogP contribution in [0, 0.1) is 0 Å². The lowest BCUT2D eigenvalue weighted by Crippen LogP contribution is -2.37. The molecule has 0 aromatic heterocycles. The van der Waals surface area contributed by atoms with E-state index < -0.39 is 24.5 Å². The molecule has 3 nitrogen and oxygen atoms in total. The summed E-state index contributed by atoms with van der Waals surface area (Å²) in [4.78, 5) is 15.6. The Morgan fingerprint density at radius 3 is 2.08 bits per heavy atom. The molecule has 0 bridgehead atoms. The van der Waals surface area contributed by atoms with Crippen LogP contribution in [0.25, 0.3) is 11.1 Å². The number of carbonyl (C=O) groups excluding carboxylic acids is 1. The highest BCUT2D eigenvalue weighted by molar-refractivity contribution is 5.96. The molecule has 0 heterocycles. The summed E-state index contributed by atoms with van der Waals surface area (Å²) in [5.41, 5.74) is 4.65. The first-order chi connectivity index (χ1) is 17.4. The van der Waals surface area contributed by atoms with Gasteiger partial charge in [-0.3, -0.25) is 4.79 Å². The van der Waals surface area contributed by atoms with Crippen LogP contribution in [0.4, 0.5) is 13.2 Å². The summed E-state index contributed by atoms with van der Waals surface area (Å²) < 4.78 is 38.5. The molecule has 1 atom stereocenters. The van der Waals surface area contributed by atoms with Gasteiger partial charge in [-0.25, -0.2) is 0 Å². The number of unbranched alkanes of at least 4 members (excludes halogenated alkanes) is 5. The summed E-state index contributed by atoms with van der Waals surface area (Å²) in [5.74, 6) is -1.28. The number of carbonyl (C=O) groups is 1. The maximum absolute atomic E-state index is 13.0. The maximum atomic E-state index is 13.0. The molecule has 2 aromatic carbocycles. The van der Waals surface area contributed by atoms with Crippen LogP contribution in [0.2, 0.25) is 0 Å². The van der Waals surface area contributed by atoms with Crippen LogP contribution < -0.4 is 5.32 Å². The van der Waals surface area contributed by atoms with Crippen LogP contribution in [0.5, 0.6) is 0 Å². The Bertz CT molecular complexity index is 963. The zero-order valence-electron chi connectivity index (χ0n) is 21.8. The quantitative estimate of drug-likeness (QED) is 0.256. The molecule has 1 aliphatic rings. The molecule has 1 N–H and O–H groups in total. The monoisotopic (exact) mass is 502 g/mol. The molecule has 6 heteroatoms. The molecule has 0 fully saturated rings. The topological polar surface area (TPSA) is 32.3 Å². The Kier molecular flexibility index (Phi) is 10.8. The highest BCUT2D eigenvalue weighted by atomic mass is 19.4. The molecule has 0 aliphatic heterocycles. The van der Waals surface area contributed by atoms with Crippen LogP contribution in [0.3, 0.4) is 0 Å². The third kappa shape index (κ3) is 7.83. The lowest BCUT2D eigenvalue weighted by atomic mass is 9.90. The van der Waals surface area contributed by atoms with E-state index in [1.165, 1.54) is 38.5 Å². The van der Waals surface area contributed by atoms with Crippen molar-refractivity contribution in [1.29, 1.82) is 0 Å². The van der Waals surface area contributed by atoms with E-state index in [4.69, 9.17) is 0 Å². The van der Waals surface area contributed by atoms with Crippen molar-refractivity contribution in [3.05, 3.63) is 59.2 Å². The molecule has 3 rings (SSSR count). The normalized spacial score (nSPS) is 14.7. The number of alkyl halides is 3. The van der Waals surface area contributed by atoms with Crippen LogP contribution in [-0.2, 0) is 11.2 Å². The van der Waals surface area contributed by atoms with Crippen molar-refractivity contribution >= 4 is 5.91 Å². The fourth-order valence-corrected chi connectivity index (χ4v) is 5.28. The second kappa shape index (κ2) is 13.8. The summed E-state index contributed by atoms with van der Waals surface area (Å²) in [7, 11) is 0. The molecular formula is C30H41F3N2O. The van der Waals surface area contributed by atoms with E-state index >= 15 is 0 Å². The predicted octanol–water partition coefficient (Wildman–Crippen LogP) is 7.48. The minimum Gasteiger partial charge on any atom is -0.346 e. The average Bonchev–Trinajstić information content (AvgIpc) is 3.20. The van der Waals surface area contributed by atoms with Gasteiger partial charge in [0.1, 0.15) is 6.54 Å². The molecule has 1 aliphatic carbocycles. The Hall–Kier alpha value is -2.34. The molecule has 0 radical (unpaired) electrons. The first-order valence-corrected chi connectivity index (χ1v) is 13.6. The van der Waals surface area contributed by atoms with E-state index in [9.17, 15) is 18.0 Å². The summed E-state index contributed by atoms with van der Waals surface area (Å²) >= 11 is 0. The van der Waals surface area contributed by atoms with Crippen molar-refractivity contribution in [3.8, 4) is 11.1 Å². The van der Waals surface area contributed by atoms with E-state index in [1.54, 1.807) is 0 Å². The van der Waals surface area contributed by atoms with Crippen LogP contribution in [0.1, 0.15) is 87.8 Å². The van der Waals surface area contributed by atoms with Crippen LogP contribution in [-0.4, -0.2) is 43.2 Å². The van der Waals surface area contributed by atoms with Crippen molar-refractivity contribution in [1.82, 2.24) is 10.2 Å². The van der Waals surface area contributed by atoms with Gasteiger partial charge in [0.25, 0.3) is 0 Å². The summed E-state index contributed by atoms with van der Waals surface area (Å²) in [6.07, 6.45) is 5.89. The molecule has 198 valence electrons. The van der Waals surface area contributed by atoms with Crippen molar-refractivity contribution in [2.75, 3.05) is 26.2 Å². The fraction of sp³-hybridized carbons (Fsp3) is 0.567. The molecule has 1 unspecified atom stereocenters. The highest BCUT2D eigenvalue weighted by Gasteiger charge is 2.37. The third-order valence-electron chi connectivity index (χ3n) is 7.10. The first kappa shape index (κ1) is 28.2. The number of amides is 1. The smallest absolute Gasteiger partial charge is 0.346 e. The number of rotatable bonds is 15. The van der Waals surface area contributed by atoms with Gasteiger partial charge >= 0.3 is 6.18 Å². The largest absolute Gasteiger partial charge is 0.405 e. The molecule has 36 heavy (non-hydrogen) atoms. The van der Waals surface area contributed by atoms with Crippen molar-refractivity contribution < 1.29 is 18.0 Å². The van der Waals surface area contributed by atoms with E-state index in [-0.39, 0.29) is 0 Å². The molecular weight excluding hydrogens is 461 g/mol. The number of fused-ring (bicyclic) bond motifs is 3. The van der Waals surface area contributed by atoms with Gasteiger partial charge in [-0.1, -0.05) is 82.0 Å². The van der Waals surface area contributed by atoms with E-state index in [0.29, 0.717) is 0 Å². The van der Waals surface area contributed by atoms with Crippen molar-refractivity contribution in [2.24, 2.45) is 0 Å². The zero-order chi connectivity index (χ0) is 26.0. The van der Waals surface area contributed by atoms with Gasteiger partial charge in [-0.2, -0.15) is 13.2 Å². The minimum atomic E-state index is -4.43. The van der Waals surface area contributed by atoms with Gasteiger partial charge in [0, 0.05) is 0 Å². The molecule has 2 aromatic rings. The lowest BCUT2D eigenvalue weighted by molar-refractivity contribution is -0.138. The lowest BCUT2D eigenvalue weighted by Gasteiger charge is -2.22. The van der Waals surface area contributed by atoms with Crippen LogP contribution >= 0.6 is 0 Å². The summed E-state index contributed by atoms with van der Waals surface area (Å²) in [6.45, 7) is 6.51. The van der Waals surface area contributed by atoms with Gasteiger partial charge in [-0.15, -0.1) is 0 Å². The van der Waals surface area contributed by atoms with E-state index in [0.717, 1.165) is 66.7 Å². The second-order valence-electron chi connectivity index (χ2n) is 9.94. The van der Waals surface area contributed by atoms with Crippen molar-refractivity contribution in [3.63, 3.8) is 0 Å². The van der Waals surface area contributed by atoms with Gasteiger partial charge in [0.05, 0.1) is 5.92 Å². The number of nitrogens with one attached hydrogen (secondary N) is 1. The van der Waals surface area contributed by atoms with E-state index in [1.807, 2.05) is 42.5 Å². The maximum Gasteiger partial charge on any atom is 0.405 e. The Labute approximate surface area is 214 Å². The van der Waals surface area contributed by atoms with Crippen molar-refractivity contribution in [2.45, 2.75) is 83.7 Å². The molecule has 0 spiro atoms. The molecule has 0 saturated carbocycles. The Morgan fingerprint density at radius 1 is 0.833 bits per heavy atom. The minimum absolute atomic E-state index is 0.580. The summed E-state index contributed by atoms with van der Waals surface area (Å²) in [6, 6.07) is 13.6. The van der Waals surface area contributed by atoms with Crippen LogP contribution in [0.15, 0.2) is 42.5 Å². The number of aryl methyl sites for hydroxylation is 1. The van der Waals surface area contributed by atoms with Gasteiger partial charge in [0.15, 0.2) is 0 Å². The molecule has 0 saturated heterocycles. The average molecular weight is 503 g/mol. The van der Waals surface area contributed by atoms with Gasteiger partial charge < -0.3 is 10.2 Å². The number of hydrogen-bond acceptors (Lipinski definition) is 2. The highest BCUT2D eigenvalue weighted by Crippen LogP contribution is 2.46. The van der Waals surface area contributed by atoms with Gasteiger partial charge in [-0.05, 0) is 79.6 Å². The fourth-order valence-electron chi connectivity index (χ4n) is 5.28. The summed E-state index contributed by atoms with van der Waals surface area (Å²) in [5, 5.41) is 2.13. The zero-order valence-corrected chi connectivity index (χ0v) is 21.8. The van der Waals surface area contributed by atoms with E-state index in [2.05, 4.69) is 24.1 Å². The predicted molar refractivity (Wildman–Crippen MR) is 141 cm³/mol. The number of hydrogen-bond donors (Lipinski definition) is 1. The standard InChI is InChI=1S/C30H41F3N2O/c1-3-5-10-19-35(20-11-6-4-2)21-12-9-14-23-15-13-18-25-24-16-7-8-17-26(24)28(27(23)25)29(36)34-22-30(31,32)33/h7-8,13,15-18,28H,3-6,9-12,14,19-22H2,1-2H3,(H,34,36). The number of benzene rings is 2. The second-order valence-corrected chi connectivity index (χ2v) is 9.94. The van der Waals surface area contributed by atoms with Gasteiger partial charge in [0.2, 0.25) is 5.91 Å². The molecule has 1 amide bonds. The number of nitrogens with zero attached hydrogens (tertiary/aromatic N) is 1. The Balaban J connectivity index is 1.69. The Morgan fingerprint density at radius 2 is 1.44 bits per heavy atom. The number of halogens is 3. The SMILES string of the molecule is CCCCCN(CCCCC)CCCCc1cccc2c1C(C(=O)NCC(F)(F)F)c1ccccc1-2. The first-order valence-electron chi connectivity index (χ1n) is 13.6. The third-order valence-corrected chi connectivity index (χ3v) is 7.10.